The van der Waals surface area contributed by atoms with Crippen molar-refractivity contribution in [2.24, 2.45) is 7.05 Å². The van der Waals surface area contributed by atoms with Crippen LogP contribution in [-0.2, 0) is 13.7 Å². The summed E-state index contributed by atoms with van der Waals surface area (Å²) in [6, 6.07) is 6.77. The number of imidazole rings is 1. The van der Waals surface area contributed by atoms with Crippen molar-refractivity contribution >= 4 is 0 Å². The number of benzene rings is 1. The van der Waals surface area contributed by atoms with Crippen LogP contribution in [0.5, 0.6) is 5.75 Å². The molecule has 0 aliphatic rings. The van der Waals surface area contributed by atoms with Crippen LogP contribution in [0.25, 0.3) is 0 Å². The number of ether oxygens (including phenoxy) is 1. The standard InChI is InChI=1S/C17H25N3O/c1-5-8-19-14(3)15-6-7-17(13(2)9-15)21-11-16-10-18-12-20(16)4/h6-7,9-10,12,14,19H,5,8,11H2,1-4H3. The van der Waals surface area contributed by atoms with Gasteiger partial charge in [-0.3, -0.25) is 0 Å². The molecule has 1 unspecified atom stereocenters. The molecule has 1 atom stereocenters. The summed E-state index contributed by atoms with van der Waals surface area (Å²) in [5.74, 6) is 0.933. The number of nitrogens with zero attached hydrogens (tertiary/aromatic N) is 2. The summed E-state index contributed by atoms with van der Waals surface area (Å²) in [6.07, 6.45) is 4.77. The van der Waals surface area contributed by atoms with Crippen molar-refractivity contribution in [3.63, 3.8) is 0 Å². The van der Waals surface area contributed by atoms with Gasteiger partial charge in [-0.2, -0.15) is 0 Å². The number of rotatable bonds is 7. The third kappa shape index (κ3) is 4.08. The van der Waals surface area contributed by atoms with E-state index in [4.69, 9.17) is 4.74 Å². The van der Waals surface area contributed by atoms with E-state index in [9.17, 15) is 0 Å². The zero-order chi connectivity index (χ0) is 15.2. The van der Waals surface area contributed by atoms with Crippen LogP contribution >= 0.6 is 0 Å². The van der Waals surface area contributed by atoms with E-state index in [-0.39, 0.29) is 0 Å². The van der Waals surface area contributed by atoms with Gasteiger partial charge in [-0.15, -0.1) is 0 Å². The summed E-state index contributed by atoms with van der Waals surface area (Å²) in [5.41, 5.74) is 3.53. The highest BCUT2D eigenvalue weighted by Crippen LogP contribution is 2.23. The molecule has 0 aliphatic heterocycles. The fraction of sp³-hybridized carbons (Fsp3) is 0.471. The molecule has 4 heteroatoms. The molecular formula is C17H25N3O. The van der Waals surface area contributed by atoms with E-state index in [1.165, 1.54) is 11.1 Å². The Morgan fingerprint density at radius 1 is 1.38 bits per heavy atom. The molecule has 1 aromatic heterocycles. The molecule has 0 radical (unpaired) electrons. The summed E-state index contributed by atoms with van der Waals surface area (Å²) >= 11 is 0. The van der Waals surface area contributed by atoms with Crippen LogP contribution in [0.2, 0.25) is 0 Å². The Morgan fingerprint density at radius 2 is 2.19 bits per heavy atom. The Bertz CT molecular complexity index is 577. The summed E-state index contributed by atoms with van der Waals surface area (Å²) < 4.78 is 7.87. The minimum atomic E-state index is 0.370. The second-order valence-corrected chi connectivity index (χ2v) is 5.49. The molecular weight excluding hydrogens is 262 g/mol. The molecule has 0 fully saturated rings. The van der Waals surface area contributed by atoms with Crippen molar-refractivity contribution in [2.45, 2.75) is 39.8 Å². The summed E-state index contributed by atoms with van der Waals surface area (Å²) in [7, 11) is 1.97. The first kappa shape index (κ1) is 15.6. The maximum atomic E-state index is 5.90. The first-order valence-electron chi connectivity index (χ1n) is 7.53. The largest absolute Gasteiger partial charge is 0.487 e. The molecule has 2 aromatic rings. The maximum absolute atomic E-state index is 5.90. The second-order valence-electron chi connectivity index (χ2n) is 5.49. The highest BCUT2D eigenvalue weighted by molar-refractivity contribution is 5.37. The minimum absolute atomic E-state index is 0.370. The van der Waals surface area contributed by atoms with Gasteiger partial charge in [0.2, 0.25) is 0 Å². The van der Waals surface area contributed by atoms with Crippen LogP contribution in [0.3, 0.4) is 0 Å². The van der Waals surface area contributed by atoms with Crippen LogP contribution in [0.15, 0.2) is 30.7 Å². The van der Waals surface area contributed by atoms with E-state index in [2.05, 4.69) is 49.3 Å². The van der Waals surface area contributed by atoms with Gasteiger partial charge in [-0.25, -0.2) is 4.98 Å². The smallest absolute Gasteiger partial charge is 0.130 e. The first-order valence-corrected chi connectivity index (χ1v) is 7.53. The molecule has 0 saturated heterocycles. The van der Waals surface area contributed by atoms with Gasteiger partial charge in [0, 0.05) is 13.1 Å². The lowest BCUT2D eigenvalue weighted by molar-refractivity contribution is 0.295. The molecule has 0 bridgehead atoms. The zero-order valence-electron chi connectivity index (χ0n) is 13.4. The topological polar surface area (TPSA) is 39.1 Å². The third-order valence-corrected chi connectivity index (χ3v) is 3.69. The number of hydrogen-bond acceptors (Lipinski definition) is 3. The fourth-order valence-electron chi connectivity index (χ4n) is 2.26. The van der Waals surface area contributed by atoms with Gasteiger partial charge in [-0.1, -0.05) is 19.1 Å². The minimum Gasteiger partial charge on any atom is -0.487 e. The molecule has 1 heterocycles. The number of aromatic nitrogens is 2. The molecule has 1 N–H and O–H groups in total. The summed E-state index contributed by atoms with van der Waals surface area (Å²) in [6.45, 7) is 8.05. The van der Waals surface area contributed by atoms with Gasteiger partial charge < -0.3 is 14.6 Å². The van der Waals surface area contributed by atoms with Gasteiger partial charge in [0.1, 0.15) is 12.4 Å². The molecule has 114 valence electrons. The Hall–Kier alpha value is -1.81. The molecule has 1 aromatic carbocycles. The molecule has 0 aliphatic carbocycles. The van der Waals surface area contributed by atoms with E-state index in [1.807, 2.05) is 17.8 Å². The van der Waals surface area contributed by atoms with Crippen molar-refractivity contribution in [1.82, 2.24) is 14.9 Å². The first-order chi connectivity index (χ1) is 10.1. The lowest BCUT2D eigenvalue weighted by Gasteiger charge is -2.16. The quantitative estimate of drug-likeness (QED) is 0.848. The fourth-order valence-corrected chi connectivity index (χ4v) is 2.26. The molecule has 0 spiro atoms. The summed E-state index contributed by atoms with van der Waals surface area (Å²) in [4.78, 5) is 4.10. The second kappa shape index (κ2) is 7.27. The van der Waals surface area contributed by atoms with Crippen molar-refractivity contribution < 1.29 is 4.74 Å². The number of nitrogens with one attached hydrogen (secondary N) is 1. The molecule has 21 heavy (non-hydrogen) atoms. The Balaban J connectivity index is 2.00. The van der Waals surface area contributed by atoms with Gasteiger partial charge >= 0.3 is 0 Å². The third-order valence-electron chi connectivity index (χ3n) is 3.69. The number of hydrogen-bond donors (Lipinski definition) is 1. The van der Waals surface area contributed by atoms with Crippen molar-refractivity contribution in [2.75, 3.05) is 6.54 Å². The van der Waals surface area contributed by atoms with Crippen molar-refractivity contribution in [1.29, 1.82) is 0 Å². The van der Waals surface area contributed by atoms with Crippen LogP contribution in [0.4, 0.5) is 0 Å². The van der Waals surface area contributed by atoms with Gasteiger partial charge in [0.05, 0.1) is 18.2 Å². The highest BCUT2D eigenvalue weighted by atomic mass is 16.5. The molecule has 4 nitrogen and oxygen atoms in total. The SMILES string of the molecule is CCCNC(C)c1ccc(OCc2cncn2C)c(C)c1. The van der Waals surface area contributed by atoms with E-state index < -0.39 is 0 Å². The van der Waals surface area contributed by atoms with Crippen LogP contribution in [0, 0.1) is 6.92 Å². The van der Waals surface area contributed by atoms with Crippen molar-refractivity contribution in [3.8, 4) is 5.75 Å². The van der Waals surface area contributed by atoms with Crippen LogP contribution in [-0.4, -0.2) is 16.1 Å². The molecule has 0 amide bonds. The average Bonchev–Trinajstić information content (AvgIpc) is 2.88. The summed E-state index contributed by atoms with van der Waals surface area (Å²) in [5, 5.41) is 3.50. The predicted molar refractivity (Wildman–Crippen MR) is 85.4 cm³/mol. The number of aryl methyl sites for hydroxylation is 2. The Kier molecular flexibility index (Phi) is 5.39. The van der Waals surface area contributed by atoms with Crippen LogP contribution in [0.1, 0.15) is 43.1 Å². The van der Waals surface area contributed by atoms with Gasteiger partial charge in [0.25, 0.3) is 0 Å². The highest BCUT2D eigenvalue weighted by Gasteiger charge is 2.08. The lowest BCUT2D eigenvalue weighted by Crippen LogP contribution is -2.19. The normalized spacial score (nSPS) is 12.4. The zero-order valence-corrected chi connectivity index (χ0v) is 13.4. The van der Waals surface area contributed by atoms with Gasteiger partial charge in [0.15, 0.2) is 0 Å². The van der Waals surface area contributed by atoms with E-state index in [0.717, 1.165) is 24.4 Å². The van der Waals surface area contributed by atoms with Gasteiger partial charge in [-0.05, 0) is 44.0 Å². The maximum Gasteiger partial charge on any atom is 0.130 e. The van der Waals surface area contributed by atoms with E-state index in [1.54, 1.807) is 6.33 Å². The molecule has 0 saturated carbocycles. The van der Waals surface area contributed by atoms with E-state index >= 15 is 0 Å². The molecule has 2 rings (SSSR count). The van der Waals surface area contributed by atoms with Crippen LogP contribution < -0.4 is 10.1 Å². The Morgan fingerprint density at radius 3 is 2.81 bits per heavy atom. The lowest BCUT2D eigenvalue weighted by atomic mass is 10.0. The predicted octanol–water partition coefficient (Wildman–Crippen LogP) is 3.37. The average molecular weight is 287 g/mol. The Labute approximate surface area is 127 Å². The van der Waals surface area contributed by atoms with Crippen molar-refractivity contribution in [3.05, 3.63) is 47.5 Å². The monoisotopic (exact) mass is 287 g/mol. The van der Waals surface area contributed by atoms with E-state index in [0.29, 0.717) is 12.6 Å².